The van der Waals surface area contributed by atoms with Crippen LogP contribution in [0.1, 0.15) is 68.3 Å². The number of pyridine rings is 1. The third-order valence-corrected chi connectivity index (χ3v) is 6.98. The number of likely N-dealkylation sites (tertiary alicyclic amines) is 1. The van der Waals surface area contributed by atoms with Gasteiger partial charge in [0.1, 0.15) is 12.3 Å². The number of aryl methyl sites for hydroxylation is 1. The Kier molecular flexibility index (Phi) is 5.73. The van der Waals surface area contributed by atoms with Crippen LogP contribution in [0.3, 0.4) is 0 Å². The van der Waals surface area contributed by atoms with E-state index in [0.29, 0.717) is 19.1 Å². The molecule has 31 heavy (non-hydrogen) atoms. The highest BCUT2D eigenvalue weighted by atomic mass is 16.5. The Labute approximate surface area is 182 Å². The van der Waals surface area contributed by atoms with Gasteiger partial charge in [-0.2, -0.15) is 5.10 Å². The first-order chi connectivity index (χ1) is 15.2. The molecule has 2 N–H and O–H groups in total. The minimum atomic E-state index is -0.420. The third kappa shape index (κ3) is 4.10. The highest BCUT2D eigenvalue weighted by Crippen LogP contribution is 2.40. The molecule has 0 spiro atoms. The van der Waals surface area contributed by atoms with Crippen molar-refractivity contribution < 1.29 is 9.53 Å². The zero-order valence-electron chi connectivity index (χ0n) is 18.4. The maximum Gasteiger partial charge on any atom is 0.407 e. The minimum absolute atomic E-state index is 0.0146. The number of H-pyrrole nitrogens is 1. The second-order valence-electron chi connectivity index (χ2n) is 9.21. The standard InChI is InChI=1S/C23H33N5O3/c1-2-24-23(30)31-13-12-28-21-19(16-6-3-4-7-17(16)22(29)25-21)20(26-28)18-8-5-11-27(18)14-15-9-10-15/h15,18H,2-14H2,1H3,(H,24,30)(H,25,29)/t18-/m1/s1. The van der Waals surface area contributed by atoms with Gasteiger partial charge in [0, 0.05) is 24.0 Å². The van der Waals surface area contributed by atoms with E-state index in [1.54, 1.807) is 0 Å². The van der Waals surface area contributed by atoms with Gasteiger partial charge in [0.15, 0.2) is 0 Å². The molecule has 3 heterocycles. The van der Waals surface area contributed by atoms with Crippen LogP contribution in [-0.2, 0) is 24.1 Å². The van der Waals surface area contributed by atoms with Crippen LogP contribution in [0.2, 0.25) is 0 Å². The summed E-state index contributed by atoms with van der Waals surface area (Å²) in [5.74, 6) is 0.841. The minimum Gasteiger partial charge on any atom is -0.448 e. The summed E-state index contributed by atoms with van der Waals surface area (Å²) in [5, 5.41) is 8.83. The molecule has 8 heteroatoms. The number of nitrogens with zero attached hydrogens (tertiary/aromatic N) is 3. The smallest absolute Gasteiger partial charge is 0.407 e. The van der Waals surface area contributed by atoms with E-state index in [4.69, 9.17) is 9.84 Å². The van der Waals surface area contributed by atoms with Crippen molar-refractivity contribution in [3.63, 3.8) is 0 Å². The van der Waals surface area contributed by atoms with Gasteiger partial charge < -0.3 is 15.0 Å². The van der Waals surface area contributed by atoms with Gasteiger partial charge >= 0.3 is 6.09 Å². The maximum absolute atomic E-state index is 12.8. The fraction of sp³-hybridized carbons (Fsp3) is 0.696. The predicted molar refractivity (Wildman–Crippen MR) is 118 cm³/mol. The number of ether oxygens (including phenoxy) is 1. The van der Waals surface area contributed by atoms with E-state index in [1.807, 2.05) is 11.6 Å². The van der Waals surface area contributed by atoms with Crippen LogP contribution in [0, 0.1) is 5.92 Å². The molecule has 1 amide bonds. The van der Waals surface area contributed by atoms with E-state index in [9.17, 15) is 9.59 Å². The normalized spacial score (nSPS) is 21.4. The number of carbonyl (C=O) groups excluding carboxylic acids is 1. The summed E-state index contributed by atoms with van der Waals surface area (Å²) >= 11 is 0. The number of carbonyl (C=O) groups is 1. The quantitative estimate of drug-likeness (QED) is 0.709. The van der Waals surface area contributed by atoms with E-state index < -0.39 is 6.09 Å². The van der Waals surface area contributed by atoms with Gasteiger partial charge in [-0.15, -0.1) is 0 Å². The van der Waals surface area contributed by atoms with Crippen molar-refractivity contribution in [1.82, 2.24) is 25.0 Å². The van der Waals surface area contributed by atoms with Crippen LogP contribution in [0.4, 0.5) is 4.79 Å². The van der Waals surface area contributed by atoms with E-state index in [1.165, 1.54) is 24.8 Å². The van der Waals surface area contributed by atoms with Crippen LogP contribution >= 0.6 is 0 Å². The van der Waals surface area contributed by atoms with Gasteiger partial charge in [0.25, 0.3) is 5.56 Å². The highest BCUT2D eigenvalue weighted by Gasteiger charge is 2.35. The molecule has 1 atom stereocenters. The molecule has 0 bridgehead atoms. The molecule has 0 aromatic carbocycles. The second kappa shape index (κ2) is 8.65. The largest absolute Gasteiger partial charge is 0.448 e. The van der Waals surface area contributed by atoms with Crippen molar-refractivity contribution in [3.8, 4) is 0 Å². The van der Waals surface area contributed by atoms with Gasteiger partial charge in [0.05, 0.1) is 18.3 Å². The first-order valence-corrected chi connectivity index (χ1v) is 11.9. The maximum atomic E-state index is 12.8. The molecule has 2 aliphatic carbocycles. The Morgan fingerprint density at radius 2 is 2.00 bits per heavy atom. The summed E-state index contributed by atoms with van der Waals surface area (Å²) in [5.41, 5.74) is 4.07. The fourth-order valence-electron chi connectivity index (χ4n) is 5.32. The first kappa shape index (κ1) is 20.5. The molecular weight excluding hydrogens is 394 g/mol. The van der Waals surface area contributed by atoms with Crippen molar-refractivity contribution in [2.24, 2.45) is 5.92 Å². The summed E-state index contributed by atoms with van der Waals surface area (Å²) in [6.07, 6.45) is 8.56. The molecule has 8 nitrogen and oxygen atoms in total. The van der Waals surface area contributed by atoms with Crippen molar-refractivity contribution >= 4 is 17.1 Å². The van der Waals surface area contributed by atoms with Crippen molar-refractivity contribution in [2.75, 3.05) is 26.2 Å². The summed E-state index contributed by atoms with van der Waals surface area (Å²) in [6, 6.07) is 0.311. The lowest BCUT2D eigenvalue weighted by molar-refractivity contribution is 0.141. The summed E-state index contributed by atoms with van der Waals surface area (Å²) < 4.78 is 7.14. The fourth-order valence-corrected chi connectivity index (χ4v) is 5.32. The monoisotopic (exact) mass is 427 g/mol. The third-order valence-electron chi connectivity index (χ3n) is 6.98. The average Bonchev–Trinajstić information content (AvgIpc) is 3.34. The van der Waals surface area contributed by atoms with Gasteiger partial charge in [-0.25, -0.2) is 9.48 Å². The summed E-state index contributed by atoms with van der Waals surface area (Å²) in [4.78, 5) is 30.3. The Hall–Kier alpha value is -2.35. The van der Waals surface area contributed by atoms with Crippen LogP contribution in [0.5, 0.6) is 0 Å². The van der Waals surface area contributed by atoms with Crippen molar-refractivity contribution in [2.45, 2.75) is 70.9 Å². The molecular formula is C23H33N5O3. The molecule has 1 saturated heterocycles. The van der Waals surface area contributed by atoms with Gasteiger partial charge in [0.2, 0.25) is 0 Å². The number of aromatic nitrogens is 3. The Bertz CT molecular complexity index is 1020. The molecule has 168 valence electrons. The van der Waals surface area contributed by atoms with Crippen molar-refractivity contribution in [1.29, 1.82) is 0 Å². The first-order valence-electron chi connectivity index (χ1n) is 11.9. The number of hydrogen-bond acceptors (Lipinski definition) is 5. The summed E-state index contributed by atoms with van der Waals surface area (Å²) in [6.45, 7) is 5.32. The molecule has 1 aliphatic heterocycles. The molecule has 0 unspecified atom stereocenters. The lowest BCUT2D eigenvalue weighted by Gasteiger charge is -2.24. The molecule has 3 aliphatic rings. The molecule has 2 aromatic heterocycles. The molecule has 2 fully saturated rings. The van der Waals surface area contributed by atoms with Gasteiger partial charge in [-0.05, 0) is 76.3 Å². The number of aromatic amines is 1. The SMILES string of the molecule is CCNC(=O)OCCn1nc([C@H]2CCCN2CC2CC2)c2c3c(c(=O)[nH]c21)CCCC3. The van der Waals surface area contributed by atoms with E-state index in [0.717, 1.165) is 73.4 Å². The Balaban J connectivity index is 1.52. The number of rotatable bonds is 7. The second-order valence-corrected chi connectivity index (χ2v) is 9.21. The van der Waals surface area contributed by atoms with Crippen LogP contribution in [-0.4, -0.2) is 52.0 Å². The van der Waals surface area contributed by atoms with Crippen LogP contribution in [0.25, 0.3) is 11.0 Å². The number of hydrogen-bond donors (Lipinski definition) is 2. The zero-order chi connectivity index (χ0) is 21.4. The van der Waals surface area contributed by atoms with Crippen LogP contribution in [0.15, 0.2) is 4.79 Å². The van der Waals surface area contributed by atoms with E-state index >= 15 is 0 Å². The topological polar surface area (TPSA) is 92.2 Å². The average molecular weight is 428 g/mol. The summed E-state index contributed by atoms with van der Waals surface area (Å²) in [7, 11) is 0. The number of fused-ring (bicyclic) bond motifs is 3. The number of nitrogens with one attached hydrogen (secondary N) is 2. The van der Waals surface area contributed by atoms with Crippen LogP contribution < -0.4 is 10.9 Å². The Morgan fingerprint density at radius 1 is 1.19 bits per heavy atom. The molecule has 2 aromatic rings. The van der Waals surface area contributed by atoms with Crippen molar-refractivity contribution in [3.05, 3.63) is 27.2 Å². The van der Waals surface area contributed by atoms with E-state index in [-0.39, 0.29) is 12.2 Å². The van der Waals surface area contributed by atoms with E-state index in [2.05, 4.69) is 15.2 Å². The van der Waals surface area contributed by atoms with Gasteiger partial charge in [-0.1, -0.05) is 0 Å². The van der Waals surface area contributed by atoms with Gasteiger partial charge in [-0.3, -0.25) is 9.69 Å². The number of alkyl carbamates (subject to hydrolysis) is 1. The highest BCUT2D eigenvalue weighted by molar-refractivity contribution is 5.84. The number of amides is 1. The lowest BCUT2D eigenvalue weighted by Crippen LogP contribution is -2.26. The lowest BCUT2D eigenvalue weighted by atomic mass is 9.89. The predicted octanol–water partition coefficient (Wildman–Crippen LogP) is 2.90. The Morgan fingerprint density at radius 3 is 2.77 bits per heavy atom. The zero-order valence-corrected chi connectivity index (χ0v) is 18.4. The molecule has 1 saturated carbocycles. The molecule has 0 radical (unpaired) electrons. The molecule has 5 rings (SSSR count).